The minimum atomic E-state index is -0.0339. The van der Waals surface area contributed by atoms with Crippen LogP contribution in [-0.2, 0) is 29.7 Å². The standard InChI is InChI=1S/C12H18O2.C4H7N3O.C2H6/c1-11(2)14-9-8-13-10-12-6-4-3-5-7-12;1-7-2-4(3-8)5-6-7;1-2/h3-7,11H,8-10H2,1-2H3;2,8H,3H2,1H3;1-2H3. The van der Waals surface area contributed by atoms with Crippen LogP contribution >= 0.6 is 0 Å². The van der Waals surface area contributed by atoms with Crippen molar-refractivity contribution in [2.24, 2.45) is 7.05 Å². The third-order valence-corrected chi connectivity index (χ3v) is 2.60. The quantitative estimate of drug-likeness (QED) is 0.787. The number of aliphatic hydroxyl groups excluding tert-OH is 1. The molecule has 0 bridgehead atoms. The zero-order valence-corrected chi connectivity index (χ0v) is 15.5. The molecule has 0 aliphatic heterocycles. The highest BCUT2D eigenvalue weighted by Crippen LogP contribution is 2.00. The van der Waals surface area contributed by atoms with E-state index in [-0.39, 0.29) is 12.7 Å². The first kappa shape index (κ1) is 22.2. The second-order valence-corrected chi connectivity index (χ2v) is 5.00. The van der Waals surface area contributed by atoms with Gasteiger partial charge in [-0.3, -0.25) is 4.68 Å². The lowest BCUT2D eigenvalue weighted by Gasteiger charge is -2.07. The van der Waals surface area contributed by atoms with E-state index in [1.807, 2.05) is 45.9 Å². The van der Waals surface area contributed by atoms with E-state index < -0.39 is 0 Å². The zero-order chi connectivity index (χ0) is 18.2. The molecular weight excluding hydrogens is 306 g/mol. The van der Waals surface area contributed by atoms with Crippen LogP contribution in [0.3, 0.4) is 0 Å². The fraction of sp³-hybridized carbons (Fsp3) is 0.556. The molecule has 6 heteroatoms. The van der Waals surface area contributed by atoms with Crippen molar-refractivity contribution in [2.75, 3.05) is 13.2 Å². The summed E-state index contributed by atoms with van der Waals surface area (Å²) in [6.45, 7) is 10.0. The van der Waals surface area contributed by atoms with Gasteiger partial charge in [0.25, 0.3) is 0 Å². The van der Waals surface area contributed by atoms with Gasteiger partial charge in [0.2, 0.25) is 0 Å². The molecule has 1 aromatic carbocycles. The Labute approximate surface area is 145 Å². The minimum absolute atomic E-state index is 0.0339. The van der Waals surface area contributed by atoms with Crippen molar-refractivity contribution in [3.63, 3.8) is 0 Å². The van der Waals surface area contributed by atoms with Crippen molar-refractivity contribution in [3.05, 3.63) is 47.8 Å². The van der Waals surface area contributed by atoms with Gasteiger partial charge in [-0.05, 0) is 19.4 Å². The molecule has 1 N–H and O–H groups in total. The number of aryl methyl sites for hydroxylation is 1. The fourth-order valence-corrected chi connectivity index (χ4v) is 1.57. The van der Waals surface area contributed by atoms with Crippen molar-refractivity contribution in [3.8, 4) is 0 Å². The first-order valence-electron chi connectivity index (χ1n) is 8.31. The van der Waals surface area contributed by atoms with Gasteiger partial charge in [0.1, 0.15) is 5.69 Å². The van der Waals surface area contributed by atoms with Crippen LogP contribution in [0.1, 0.15) is 39.0 Å². The van der Waals surface area contributed by atoms with E-state index in [9.17, 15) is 0 Å². The summed E-state index contributed by atoms with van der Waals surface area (Å²) in [6.07, 6.45) is 1.95. The van der Waals surface area contributed by atoms with E-state index in [0.29, 0.717) is 25.5 Å². The molecule has 6 nitrogen and oxygen atoms in total. The first-order valence-corrected chi connectivity index (χ1v) is 8.31. The van der Waals surface area contributed by atoms with Crippen molar-refractivity contribution in [1.29, 1.82) is 0 Å². The Morgan fingerprint density at radius 1 is 1.12 bits per heavy atom. The molecule has 24 heavy (non-hydrogen) atoms. The molecule has 0 saturated heterocycles. The molecule has 0 atom stereocenters. The Morgan fingerprint density at radius 2 is 1.79 bits per heavy atom. The Bertz CT molecular complexity index is 501. The highest BCUT2D eigenvalue weighted by molar-refractivity contribution is 5.13. The Hall–Kier alpha value is -1.76. The average molecular weight is 337 g/mol. The highest BCUT2D eigenvalue weighted by Gasteiger charge is 1.94. The largest absolute Gasteiger partial charge is 0.390 e. The van der Waals surface area contributed by atoms with Crippen LogP contribution in [0.15, 0.2) is 36.5 Å². The fourth-order valence-electron chi connectivity index (χ4n) is 1.57. The molecule has 2 aromatic rings. The lowest BCUT2D eigenvalue weighted by atomic mass is 10.2. The summed E-state index contributed by atoms with van der Waals surface area (Å²) in [5.74, 6) is 0. The third-order valence-electron chi connectivity index (χ3n) is 2.60. The van der Waals surface area contributed by atoms with Gasteiger partial charge in [-0.2, -0.15) is 0 Å². The van der Waals surface area contributed by atoms with Crippen LogP contribution in [0.4, 0.5) is 0 Å². The van der Waals surface area contributed by atoms with Crippen LogP contribution in [0.2, 0.25) is 0 Å². The lowest BCUT2D eigenvalue weighted by Crippen LogP contribution is -2.09. The molecule has 2 rings (SSSR count). The van der Waals surface area contributed by atoms with E-state index in [2.05, 4.69) is 22.4 Å². The smallest absolute Gasteiger partial charge is 0.108 e. The highest BCUT2D eigenvalue weighted by atomic mass is 16.5. The van der Waals surface area contributed by atoms with Crippen molar-refractivity contribution in [1.82, 2.24) is 15.0 Å². The minimum Gasteiger partial charge on any atom is -0.390 e. The van der Waals surface area contributed by atoms with Crippen molar-refractivity contribution < 1.29 is 14.6 Å². The van der Waals surface area contributed by atoms with Crippen LogP contribution in [0.5, 0.6) is 0 Å². The van der Waals surface area contributed by atoms with Gasteiger partial charge in [-0.15, -0.1) is 5.10 Å². The third kappa shape index (κ3) is 11.8. The van der Waals surface area contributed by atoms with Gasteiger partial charge in [0, 0.05) is 7.05 Å². The summed E-state index contributed by atoms with van der Waals surface area (Å²) in [4.78, 5) is 0. The molecule has 1 heterocycles. The molecule has 0 fully saturated rings. The summed E-state index contributed by atoms with van der Waals surface area (Å²) in [5.41, 5.74) is 1.81. The number of benzene rings is 1. The summed E-state index contributed by atoms with van der Waals surface area (Å²) in [6, 6.07) is 10.2. The Morgan fingerprint density at radius 3 is 2.25 bits per heavy atom. The molecule has 0 aliphatic carbocycles. The topological polar surface area (TPSA) is 69.4 Å². The van der Waals surface area contributed by atoms with E-state index in [1.165, 1.54) is 5.56 Å². The molecule has 136 valence electrons. The van der Waals surface area contributed by atoms with Gasteiger partial charge in [0.15, 0.2) is 0 Å². The summed E-state index contributed by atoms with van der Waals surface area (Å²) in [7, 11) is 1.76. The van der Waals surface area contributed by atoms with Gasteiger partial charge >= 0.3 is 0 Å². The van der Waals surface area contributed by atoms with Gasteiger partial charge in [-0.25, -0.2) is 0 Å². The van der Waals surface area contributed by atoms with Crippen molar-refractivity contribution in [2.45, 2.75) is 47.0 Å². The van der Waals surface area contributed by atoms with Gasteiger partial charge < -0.3 is 14.6 Å². The maximum atomic E-state index is 8.44. The SMILES string of the molecule is CC.CC(C)OCCOCc1ccccc1.Cn1cc(CO)nn1. The summed E-state index contributed by atoms with van der Waals surface area (Å²) in [5, 5.41) is 15.6. The molecule has 0 spiro atoms. The molecule has 1 aromatic heterocycles. The molecule has 0 saturated carbocycles. The number of hydrogen-bond donors (Lipinski definition) is 1. The number of rotatable bonds is 7. The number of hydrogen-bond acceptors (Lipinski definition) is 5. The second kappa shape index (κ2) is 14.8. The molecule has 0 radical (unpaired) electrons. The normalized spacial score (nSPS) is 9.79. The van der Waals surface area contributed by atoms with E-state index in [4.69, 9.17) is 14.6 Å². The number of nitrogens with zero attached hydrogens (tertiary/aromatic N) is 3. The van der Waals surface area contributed by atoms with Crippen LogP contribution < -0.4 is 0 Å². The van der Waals surface area contributed by atoms with E-state index >= 15 is 0 Å². The molecule has 0 unspecified atom stereocenters. The van der Waals surface area contributed by atoms with Crippen LogP contribution in [0.25, 0.3) is 0 Å². The van der Waals surface area contributed by atoms with Gasteiger partial charge in [0.05, 0.1) is 38.7 Å². The number of aliphatic hydroxyl groups is 1. The summed E-state index contributed by atoms with van der Waals surface area (Å²) < 4.78 is 12.3. The zero-order valence-electron chi connectivity index (χ0n) is 15.5. The number of ether oxygens (including phenoxy) is 2. The monoisotopic (exact) mass is 337 g/mol. The van der Waals surface area contributed by atoms with Crippen molar-refractivity contribution >= 4 is 0 Å². The Balaban J connectivity index is 0.000000447. The predicted molar refractivity (Wildman–Crippen MR) is 95.5 cm³/mol. The summed E-state index contributed by atoms with van der Waals surface area (Å²) >= 11 is 0. The van der Waals surface area contributed by atoms with Crippen LogP contribution in [0, 0.1) is 0 Å². The lowest BCUT2D eigenvalue weighted by molar-refractivity contribution is 0.0143. The second-order valence-electron chi connectivity index (χ2n) is 5.00. The molecule has 0 aliphatic rings. The average Bonchev–Trinajstić information content (AvgIpc) is 3.03. The van der Waals surface area contributed by atoms with E-state index in [0.717, 1.165) is 0 Å². The predicted octanol–water partition coefficient (Wildman–Crippen LogP) is 2.96. The maximum absolute atomic E-state index is 8.44. The Kier molecular flexibility index (Phi) is 13.7. The van der Waals surface area contributed by atoms with E-state index in [1.54, 1.807) is 17.9 Å². The number of aromatic nitrogens is 3. The first-order chi connectivity index (χ1) is 11.6. The maximum Gasteiger partial charge on any atom is 0.108 e. The molecular formula is C18H31N3O3. The van der Waals surface area contributed by atoms with Crippen LogP contribution in [-0.4, -0.2) is 39.4 Å². The van der Waals surface area contributed by atoms with Gasteiger partial charge in [-0.1, -0.05) is 49.4 Å². The molecule has 0 amide bonds.